The van der Waals surface area contributed by atoms with E-state index in [1.165, 1.54) is 0 Å². The van der Waals surface area contributed by atoms with E-state index in [1.54, 1.807) is 12.1 Å². The Balaban J connectivity index is 2.05. The van der Waals surface area contributed by atoms with Crippen LogP contribution in [0.15, 0.2) is 48.5 Å². The quantitative estimate of drug-likeness (QED) is 0.839. The molecule has 0 fully saturated rings. The molecule has 2 aromatic carbocycles. The minimum atomic E-state index is -0.0835. The average Bonchev–Trinajstić information content (AvgIpc) is 2.39. The number of anilines is 1. The first-order valence-corrected chi connectivity index (χ1v) is 6.78. The third kappa shape index (κ3) is 3.98. The molecule has 0 unspecified atom stereocenters. The van der Waals surface area contributed by atoms with Gasteiger partial charge in [-0.1, -0.05) is 41.9 Å². The Hall–Kier alpha value is -1.51. The van der Waals surface area contributed by atoms with E-state index in [0.717, 1.165) is 16.8 Å². The van der Waals surface area contributed by atoms with E-state index in [2.05, 4.69) is 5.32 Å². The highest BCUT2D eigenvalue weighted by Crippen LogP contribution is 2.18. The molecule has 2 aromatic rings. The fraction of sp³-hybridized carbons (Fsp3) is 0.133. The lowest BCUT2D eigenvalue weighted by molar-refractivity contribution is -0.115. The predicted molar refractivity (Wildman–Crippen MR) is 79.8 cm³/mol. The summed E-state index contributed by atoms with van der Waals surface area (Å²) in [5, 5.41) is 3.49. The highest BCUT2D eigenvalue weighted by molar-refractivity contribution is 6.30. The molecule has 0 saturated carbocycles. The van der Waals surface area contributed by atoms with Crippen LogP contribution < -0.4 is 5.32 Å². The van der Waals surface area contributed by atoms with Crippen molar-refractivity contribution in [3.63, 3.8) is 0 Å². The van der Waals surface area contributed by atoms with Crippen LogP contribution in [0.2, 0.25) is 5.02 Å². The largest absolute Gasteiger partial charge is 0.326 e. The minimum absolute atomic E-state index is 0.0835. The number of nitrogens with one attached hydrogen (secondary N) is 1. The first-order valence-electron chi connectivity index (χ1n) is 5.87. The third-order valence-corrected chi connectivity index (χ3v) is 3.21. The fourth-order valence-electron chi connectivity index (χ4n) is 1.79. The van der Waals surface area contributed by atoms with Gasteiger partial charge in [0, 0.05) is 16.6 Å². The third-order valence-electron chi connectivity index (χ3n) is 2.69. The van der Waals surface area contributed by atoms with Gasteiger partial charge in [0.25, 0.3) is 0 Å². The predicted octanol–water partition coefficient (Wildman–Crippen LogP) is 4.26. The van der Waals surface area contributed by atoms with Crippen LogP contribution in [0.1, 0.15) is 11.1 Å². The molecule has 2 rings (SSSR count). The lowest BCUT2D eigenvalue weighted by Crippen LogP contribution is -2.15. The molecule has 0 spiro atoms. The van der Waals surface area contributed by atoms with Crippen molar-refractivity contribution in [2.45, 2.75) is 12.3 Å². The molecule has 19 heavy (non-hydrogen) atoms. The summed E-state index contributed by atoms with van der Waals surface area (Å²) in [6.07, 6.45) is 0.289. The molecule has 0 aliphatic carbocycles. The molecule has 0 aliphatic rings. The van der Waals surface area contributed by atoms with Crippen molar-refractivity contribution in [2.75, 3.05) is 5.32 Å². The number of alkyl halides is 1. The van der Waals surface area contributed by atoms with Gasteiger partial charge in [0.15, 0.2) is 0 Å². The first-order chi connectivity index (χ1) is 9.19. The van der Waals surface area contributed by atoms with E-state index >= 15 is 0 Å². The van der Waals surface area contributed by atoms with Crippen molar-refractivity contribution in [1.29, 1.82) is 0 Å². The van der Waals surface area contributed by atoms with Gasteiger partial charge in [-0.3, -0.25) is 4.79 Å². The van der Waals surface area contributed by atoms with Crippen LogP contribution in [0, 0.1) is 0 Å². The summed E-state index contributed by atoms with van der Waals surface area (Å²) in [6, 6.07) is 14.8. The van der Waals surface area contributed by atoms with Crippen molar-refractivity contribution in [3.05, 3.63) is 64.7 Å². The normalized spacial score (nSPS) is 10.2. The standard InChI is InChI=1S/C15H13Cl2NO/c16-10-12-5-1-2-7-14(12)18-15(19)9-11-4-3-6-13(17)8-11/h1-8H,9-10H2,(H,18,19). The molecule has 0 atom stereocenters. The molecule has 1 N–H and O–H groups in total. The molecule has 0 heterocycles. The molecule has 0 saturated heterocycles. The van der Waals surface area contributed by atoms with Crippen LogP contribution in [0.25, 0.3) is 0 Å². The lowest BCUT2D eigenvalue weighted by Gasteiger charge is -2.09. The number of rotatable bonds is 4. The van der Waals surface area contributed by atoms with E-state index in [1.807, 2.05) is 36.4 Å². The number of benzene rings is 2. The minimum Gasteiger partial charge on any atom is -0.326 e. The van der Waals surface area contributed by atoms with Crippen molar-refractivity contribution in [1.82, 2.24) is 0 Å². The molecule has 2 nitrogen and oxygen atoms in total. The molecule has 98 valence electrons. The monoisotopic (exact) mass is 293 g/mol. The van der Waals surface area contributed by atoms with E-state index in [4.69, 9.17) is 23.2 Å². The maximum Gasteiger partial charge on any atom is 0.228 e. The summed E-state index contributed by atoms with van der Waals surface area (Å²) in [7, 11) is 0. The molecule has 0 radical (unpaired) electrons. The van der Waals surface area contributed by atoms with Gasteiger partial charge < -0.3 is 5.32 Å². The summed E-state index contributed by atoms with van der Waals surface area (Å²) < 4.78 is 0. The molecule has 0 aromatic heterocycles. The number of hydrogen-bond donors (Lipinski definition) is 1. The zero-order valence-electron chi connectivity index (χ0n) is 10.2. The second-order valence-corrected chi connectivity index (χ2v) is 4.85. The Morgan fingerprint density at radius 2 is 1.89 bits per heavy atom. The summed E-state index contributed by atoms with van der Waals surface area (Å²) in [4.78, 5) is 12.0. The summed E-state index contributed by atoms with van der Waals surface area (Å²) in [5.74, 6) is 0.285. The van der Waals surface area contributed by atoms with Crippen molar-refractivity contribution < 1.29 is 4.79 Å². The van der Waals surface area contributed by atoms with Gasteiger partial charge in [-0.05, 0) is 29.3 Å². The van der Waals surface area contributed by atoms with Gasteiger partial charge in [0.1, 0.15) is 0 Å². The summed E-state index contributed by atoms with van der Waals surface area (Å²) in [6.45, 7) is 0. The highest BCUT2D eigenvalue weighted by atomic mass is 35.5. The second kappa shape index (κ2) is 6.60. The molecular weight excluding hydrogens is 281 g/mol. The van der Waals surface area contributed by atoms with Crippen molar-refractivity contribution >= 4 is 34.8 Å². The molecular formula is C15H13Cl2NO. The van der Waals surface area contributed by atoms with Gasteiger partial charge in [0.2, 0.25) is 5.91 Å². The average molecular weight is 294 g/mol. The Labute approximate surface area is 122 Å². The van der Waals surface area contributed by atoms with Gasteiger partial charge >= 0.3 is 0 Å². The Morgan fingerprint density at radius 3 is 2.63 bits per heavy atom. The highest BCUT2D eigenvalue weighted by Gasteiger charge is 2.07. The van der Waals surface area contributed by atoms with E-state index in [-0.39, 0.29) is 12.3 Å². The van der Waals surface area contributed by atoms with Gasteiger partial charge in [0.05, 0.1) is 6.42 Å². The van der Waals surface area contributed by atoms with Crippen molar-refractivity contribution in [2.24, 2.45) is 0 Å². The molecule has 0 bridgehead atoms. The first kappa shape index (κ1) is 13.9. The Kier molecular flexibility index (Phi) is 4.83. The molecule has 4 heteroatoms. The Morgan fingerprint density at radius 1 is 1.11 bits per heavy atom. The van der Waals surface area contributed by atoms with E-state index in [0.29, 0.717) is 10.9 Å². The number of hydrogen-bond acceptors (Lipinski definition) is 1. The van der Waals surface area contributed by atoms with Gasteiger partial charge in [-0.2, -0.15) is 0 Å². The zero-order valence-corrected chi connectivity index (χ0v) is 11.7. The van der Waals surface area contributed by atoms with Crippen LogP contribution >= 0.6 is 23.2 Å². The molecule has 1 amide bonds. The zero-order chi connectivity index (χ0) is 13.7. The maximum absolute atomic E-state index is 12.0. The van der Waals surface area contributed by atoms with E-state index < -0.39 is 0 Å². The number of carbonyl (C=O) groups excluding carboxylic acids is 1. The lowest BCUT2D eigenvalue weighted by atomic mass is 10.1. The number of carbonyl (C=O) groups is 1. The maximum atomic E-state index is 12.0. The van der Waals surface area contributed by atoms with Crippen LogP contribution in [-0.4, -0.2) is 5.91 Å². The smallest absolute Gasteiger partial charge is 0.228 e. The second-order valence-electron chi connectivity index (χ2n) is 4.15. The number of para-hydroxylation sites is 1. The topological polar surface area (TPSA) is 29.1 Å². The SMILES string of the molecule is O=C(Cc1cccc(Cl)c1)Nc1ccccc1CCl. The van der Waals surface area contributed by atoms with E-state index in [9.17, 15) is 4.79 Å². The van der Waals surface area contributed by atoms with Crippen LogP contribution in [-0.2, 0) is 17.1 Å². The summed E-state index contributed by atoms with van der Waals surface area (Å²) >= 11 is 11.7. The van der Waals surface area contributed by atoms with Crippen molar-refractivity contribution in [3.8, 4) is 0 Å². The molecule has 0 aliphatic heterocycles. The number of halogens is 2. The summed E-state index contributed by atoms with van der Waals surface area (Å²) in [5.41, 5.74) is 2.54. The number of amides is 1. The fourth-order valence-corrected chi connectivity index (χ4v) is 2.23. The Bertz CT molecular complexity index is 584. The van der Waals surface area contributed by atoms with Gasteiger partial charge in [-0.15, -0.1) is 11.6 Å². The van der Waals surface area contributed by atoms with Crippen LogP contribution in [0.3, 0.4) is 0 Å². The van der Waals surface area contributed by atoms with Crippen LogP contribution in [0.4, 0.5) is 5.69 Å². The van der Waals surface area contributed by atoms with Gasteiger partial charge in [-0.25, -0.2) is 0 Å². The van der Waals surface area contributed by atoms with Crippen LogP contribution in [0.5, 0.6) is 0 Å².